The Morgan fingerprint density at radius 1 is 0.837 bits per heavy atom. The van der Waals surface area contributed by atoms with Crippen LogP contribution in [0.15, 0.2) is 53.4 Å². The van der Waals surface area contributed by atoms with Crippen molar-refractivity contribution < 1.29 is 32.6 Å². The number of sulfone groups is 1. The lowest BCUT2D eigenvalue weighted by Gasteiger charge is -2.14. The van der Waals surface area contributed by atoms with Crippen LogP contribution in [0.3, 0.4) is 0 Å². The minimum absolute atomic E-state index is 0.0162. The quantitative estimate of drug-likeness (QED) is 0.192. The maximum Gasteiger partial charge on any atom is 0.239 e. The van der Waals surface area contributed by atoms with E-state index in [2.05, 4.69) is 64.4 Å². The summed E-state index contributed by atoms with van der Waals surface area (Å²) in [5, 5.41) is 16.4. The molecule has 2 aromatic rings. The molecular weight excluding hydrogens is 642 g/mol. The van der Waals surface area contributed by atoms with Crippen LogP contribution in [0.25, 0.3) is 0 Å². The van der Waals surface area contributed by atoms with E-state index in [0.29, 0.717) is 24.1 Å². The number of unbranched alkanes of at least 4 members (excludes halogenated alkanes) is 1. The Bertz CT molecular complexity index is 1210. The van der Waals surface area contributed by atoms with Gasteiger partial charge in [-0.25, -0.2) is 8.42 Å². The van der Waals surface area contributed by atoms with Crippen molar-refractivity contribution in [3.8, 4) is 11.5 Å². The molecule has 1 aliphatic heterocycles. The van der Waals surface area contributed by atoms with Crippen LogP contribution < -0.4 is 25.4 Å². The maximum atomic E-state index is 11.7. The van der Waals surface area contributed by atoms with Gasteiger partial charge < -0.3 is 30.5 Å². The third-order valence-electron chi connectivity index (χ3n) is 6.56. The number of nitrogens with one attached hydrogen (secondary N) is 3. The van der Waals surface area contributed by atoms with Crippen LogP contribution in [-0.4, -0.2) is 64.1 Å². The number of hydrogen-bond acceptors (Lipinski definition) is 8. The Labute approximate surface area is 298 Å². The van der Waals surface area contributed by atoms with Gasteiger partial charge in [-0.05, 0) is 49.8 Å². The number of fused-ring (bicyclic) bond motifs is 1. The van der Waals surface area contributed by atoms with Gasteiger partial charge in [0, 0.05) is 25.0 Å². The fourth-order valence-corrected chi connectivity index (χ4v) is 3.63. The second-order valence-corrected chi connectivity index (χ2v) is 14.2. The third-order valence-corrected chi connectivity index (χ3v) is 7.67. The summed E-state index contributed by atoms with van der Waals surface area (Å²) < 4.78 is 32.4. The monoisotopic (exact) mass is 709 g/mol. The van der Waals surface area contributed by atoms with Gasteiger partial charge in [0.15, 0.2) is 21.3 Å². The van der Waals surface area contributed by atoms with Crippen molar-refractivity contribution in [2.24, 2.45) is 5.92 Å². The average Bonchev–Trinajstić information content (AvgIpc) is 3.81. The Morgan fingerprint density at radius 2 is 1.37 bits per heavy atom. The number of carbonyl (C=O) groups excluding carboxylic acids is 2. The minimum atomic E-state index is -3.16. The van der Waals surface area contributed by atoms with Gasteiger partial charge in [-0.1, -0.05) is 111 Å². The van der Waals surface area contributed by atoms with E-state index in [-0.39, 0.29) is 42.6 Å². The molecule has 11 heteroatoms. The minimum Gasteiger partial charge on any atom is -0.454 e. The first-order chi connectivity index (χ1) is 23.2. The van der Waals surface area contributed by atoms with Crippen molar-refractivity contribution in [1.82, 2.24) is 16.0 Å². The standard InChI is InChI=1S/C15H21N3O2.C8H8O4S.C5H12.C4H10.C3H8O.C3H8/c1-11(12-5-3-2-4-6-12)18-15(20)10-17-14(19)9-16-13-7-8-13;1-13(9,10)6-2-3-7-8(4-6)12-5-11-7;1-4-5(2)3;1-3-4-2;1-2-3-4;1-3-2/h2-6,11,13,16H,7-10H2,1H3,(H,17,19)(H,18,20);2-4H,5H2,1H3;5H,4H2,1-3H3;3-4H2,1-2H3;4H,2-3H2,1H3;3H2,1-2H3/t11-;;;;;/m1...../s1. The maximum absolute atomic E-state index is 11.7. The summed E-state index contributed by atoms with van der Waals surface area (Å²) in [5.41, 5.74) is 1.04. The highest BCUT2D eigenvalue weighted by Gasteiger charge is 2.21. The summed E-state index contributed by atoms with van der Waals surface area (Å²) in [7, 11) is -3.16. The molecule has 1 atom stereocenters. The first-order valence-corrected chi connectivity index (χ1v) is 19.7. The molecule has 49 heavy (non-hydrogen) atoms. The second-order valence-electron chi connectivity index (χ2n) is 12.2. The van der Waals surface area contributed by atoms with Gasteiger partial charge in [-0.2, -0.15) is 0 Å². The van der Waals surface area contributed by atoms with Crippen LogP contribution in [0.2, 0.25) is 0 Å². The molecule has 1 aliphatic carbocycles. The Balaban J connectivity index is 0. The molecule has 0 bridgehead atoms. The molecule has 0 aromatic heterocycles. The van der Waals surface area contributed by atoms with Crippen molar-refractivity contribution in [3.05, 3.63) is 54.1 Å². The largest absolute Gasteiger partial charge is 0.454 e. The molecule has 0 unspecified atom stereocenters. The molecule has 2 aromatic carbocycles. The lowest BCUT2D eigenvalue weighted by atomic mass is 10.1. The molecule has 282 valence electrons. The van der Waals surface area contributed by atoms with Gasteiger partial charge in [0.25, 0.3) is 0 Å². The van der Waals surface area contributed by atoms with E-state index >= 15 is 0 Å². The third kappa shape index (κ3) is 27.4. The smallest absolute Gasteiger partial charge is 0.239 e. The van der Waals surface area contributed by atoms with Crippen LogP contribution in [0, 0.1) is 5.92 Å². The highest BCUT2D eigenvalue weighted by Crippen LogP contribution is 2.33. The zero-order chi connectivity index (χ0) is 37.7. The molecule has 2 amide bonds. The number of aliphatic hydroxyl groups is 1. The molecular formula is C38H67N3O7S. The normalized spacial score (nSPS) is 12.7. The lowest BCUT2D eigenvalue weighted by molar-refractivity contribution is -0.126. The molecule has 1 saturated carbocycles. The predicted molar refractivity (Wildman–Crippen MR) is 202 cm³/mol. The Kier molecular flexibility index (Phi) is 29.1. The van der Waals surface area contributed by atoms with E-state index in [1.165, 1.54) is 37.8 Å². The summed E-state index contributed by atoms with van der Waals surface area (Å²) in [5.74, 6) is 1.64. The van der Waals surface area contributed by atoms with Crippen LogP contribution in [0.1, 0.15) is 119 Å². The second kappa shape index (κ2) is 29.7. The predicted octanol–water partition coefficient (Wildman–Crippen LogP) is 7.21. The fraction of sp³-hybridized carbons (Fsp3) is 0.632. The van der Waals surface area contributed by atoms with E-state index in [4.69, 9.17) is 14.6 Å². The van der Waals surface area contributed by atoms with Crippen LogP contribution in [0.5, 0.6) is 11.5 Å². The van der Waals surface area contributed by atoms with Crippen molar-refractivity contribution in [3.63, 3.8) is 0 Å². The van der Waals surface area contributed by atoms with Crippen LogP contribution in [-0.2, 0) is 19.4 Å². The fourth-order valence-electron chi connectivity index (χ4n) is 2.99. The van der Waals surface area contributed by atoms with E-state index in [9.17, 15) is 18.0 Å². The highest BCUT2D eigenvalue weighted by atomic mass is 32.2. The van der Waals surface area contributed by atoms with Crippen molar-refractivity contribution >= 4 is 21.7 Å². The molecule has 0 saturated heterocycles. The summed E-state index contributed by atoms with van der Waals surface area (Å²) in [6.07, 6.45) is 9.51. The molecule has 10 nitrogen and oxygen atoms in total. The lowest BCUT2D eigenvalue weighted by Crippen LogP contribution is -2.41. The topological polar surface area (TPSA) is 143 Å². The van der Waals surface area contributed by atoms with E-state index < -0.39 is 9.84 Å². The number of benzene rings is 2. The van der Waals surface area contributed by atoms with E-state index in [1.54, 1.807) is 6.07 Å². The first kappa shape index (κ1) is 48.0. The van der Waals surface area contributed by atoms with E-state index in [1.807, 2.05) is 44.2 Å². The number of rotatable bonds is 11. The SMILES string of the molecule is CCC.CCC(C)C.CCCC.CCCO.CS(=O)(=O)c1ccc2c(c1)OCO2.C[C@@H](NC(=O)CNC(=O)CNC1CC1)c1ccccc1. The molecule has 4 rings (SSSR count). The van der Waals surface area contributed by atoms with Gasteiger partial charge in [0.1, 0.15) is 0 Å². The molecule has 2 aliphatic rings. The molecule has 1 heterocycles. The van der Waals surface area contributed by atoms with Gasteiger partial charge in [-0.15, -0.1) is 0 Å². The highest BCUT2D eigenvalue weighted by molar-refractivity contribution is 7.90. The molecule has 0 spiro atoms. The van der Waals surface area contributed by atoms with Crippen molar-refractivity contribution in [2.45, 2.75) is 124 Å². The number of carbonyl (C=O) groups is 2. The van der Waals surface area contributed by atoms with Crippen LogP contribution in [0.4, 0.5) is 0 Å². The average molecular weight is 710 g/mol. The van der Waals surface area contributed by atoms with Crippen molar-refractivity contribution in [1.29, 1.82) is 0 Å². The summed E-state index contributed by atoms with van der Waals surface area (Å²) >= 11 is 0. The van der Waals surface area contributed by atoms with Crippen molar-refractivity contribution in [2.75, 3.05) is 32.7 Å². The van der Waals surface area contributed by atoms with Gasteiger partial charge in [0.2, 0.25) is 18.6 Å². The molecule has 0 radical (unpaired) electrons. The Morgan fingerprint density at radius 3 is 1.82 bits per heavy atom. The summed E-state index contributed by atoms with van der Waals surface area (Å²) in [6, 6.07) is 14.7. The molecule has 4 N–H and O–H groups in total. The van der Waals surface area contributed by atoms with E-state index in [0.717, 1.165) is 37.0 Å². The number of aliphatic hydroxyl groups excluding tert-OH is 1. The number of amides is 2. The Hall–Kier alpha value is -3.15. The molecule has 1 fully saturated rings. The zero-order valence-corrected chi connectivity index (χ0v) is 32.8. The number of ether oxygens (including phenoxy) is 2. The summed E-state index contributed by atoms with van der Waals surface area (Å²) in [4.78, 5) is 23.5. The first-order valence-electron chi connectivity index (χ1n) is 17.8. The van der Waals surface area contributed by atoms with Gasteiger partial charge >= 0.3 is 0 Å². The van der Waals surface area contributed by atoms with Gasteiger partial charge in [0.05, 0.1) is 24.0 Å². The number of hydrogen-bond donors (Lipinski definition) is 4. The van der Waals surface area contributed by atoms with Gasteiger partial charge in [-0.3, -0.25) is 9.59 Å². The summed E-state index contributed by atoms with van der Waals surface area (Å²) in [6.45, 7) is 19.9. The van der Waals surface area contributed by atoms with Crippen LogP contribution >= 0.6 is 0 Å². The zero-order valence-electron chi connectivity index (χ0n) is 31.9.